The van der Waals surface area contributed by atoms with Gasteiger partial charge >= 0.3 is 0 Å². The number of halogens is 1. The van der Waals surface area contributed by atoms with Crippen molar-refractivity contribution in [1.82, 2.24) is 10.2 Å². The summed E-state index contributed by atoms with van der Waals surface area (Å²) in [6.45, 7) is 4.61. The van der Waals surface area contributed by atoms with Crippen molar-refractivity contribution in [3.63, 3.8) is 0 Å². The lowest BCUT2D eigenvalue weighted by Crippen LogP contribution is -2.52. The zero-order valence-corrected chi connectivity index (χ0v) is 20.4. The van der Waals surface area contributed by atoms with E-state index < -0.39 is 6.04 Å². The first kappa shape index (κ1) is 25.3. The van der Waals surface area contributed by atoms with Crippen LogP contribution in [0.5, 0.6) is 5.75 Å². The van der Waals surface area contributed by atoms with Crippen molar-refractivity contribution in [3.05, 3.63) is 101 Å². The van der Waals surface area contributed by atoms with Gasteiger partial charge < -0.3 is 15.0 Å². The van der Waals surface area contributed by atoms with Gasteiger partial charge in [0, 0.05) is 24.5 Å². The molecular formula is C28H31ClN2O3. The first-order valence-electron chi connectivity index (χ1n) is 11.5. The second-order valence-corrected chi connectivity index (χ2v) is 8.97. The van der Waals surface area contributed by atoms with Crippen molar-refractivity contribution < 1.29 is 14.3 Å². The number of carbonyl (C=O) groups is 2. The molecule has 0 aliphatic heterocycles. The lowest BCUT2D eigenvalue weighted by molar-refractivity contribution is -0.142. The smallest absolute Gasteiger partial charge is 0.261 e. The number of hydrogen-bond donors (Lipinski definition) is 1. The maximum absolute atomic E-state index is 13.5. The molecule has 5 nitrogen and oxygen atoms in total. The normalized spacial score (nSPS) is 11.6. The summed E-state index contributed by atoms with van der Waals surface area (Å²) in [5.41, 5.74) is 1.74. The maximum atomic E-state index is 13.5. The van der Waals surface area contributed by atoms with Gasteiger partial charge in [0.2, 0.25) is 5.91 Å². The minimum absolute atomic E-state index is 0.183. The fourth-order valence-electron chi connectivity index (χ4n) is 3.53. The highest BCUT2D eigenvalue weighted by molar-refractivity contribution is 6.31. The third kappa shape index (κ3) is 7.63. The van der Waals surface area contributed by atoms with E-state index in [0.717, 1.165) is 11.1 Å². The summed E-state index contributed by atoms with van der Waals surface area (Å²) < 4.78 is 5.74. The molecule has 0 saturated carbocycles. The Balaban J connectivity index is 1.90. The topological polar surface area (TPSA) is 58.6 Å². The predicted molar refractivity (Wildman–Crippen MR) is 136 cm³/mol. The molecule has 178 valence electrons. The zero-order chi connectivity index (χ0) is 24.3. The van der Waals surface area contributed by atoms with Crippen LogP contribution < -0.4 is 10.1 Å². The minimum atomic E-state index is -0.718. The third-order valence-electron chi connectivity index (χ3n) is 5.36. The van der Waals surface area contributed by atoms with Crippen LogP contribution in [-0.4, -0.2) is 35.9 Å². The van der Waals surface area contributed by atoms with Crippen molar-refractivity contribution in [2.45, 2.75) is 32.9 Å². The summed E-state index contributed by atoms with van der Waals surface area (Å²) in [4.78, 5) is 28.4. The fraction of sp³-hybridized carbons (Fsp3) is 0.286. The predicted octanol–water partition coefficient (Wildman–Crippen LogP) is 5.13. The molecule has 0 heterocycles. The number of amides is 2. The van der Waals surface area contributed by atoms with Crippen LogP contribution >= 0.6 is 11.6 Å². The molecule has 0 aliphatic rings. The van der Waals surface area contributed by atoms with Crippen LogP contribution in [0, 0.1) is 5.92 Å². The van der Waals surface area contributed by atoms with Crippen LogP contribution in [0.25, 0.3) is 0 Å². The summed E-state index contributed by atoms with van der Waals surface area (Å²) in [6.07, 6.45) is 0.381. The van der Waals surface area contributed by atoms with Gasteiger partial charge in [-0.15, -0.1) is 0 Å². The van der Waals surface area contributed by atoms with Crippen LogP contribution in [0.2, 0.25) is 5.02 Å². The van der Waals surface area contributed by atoms with Gasteiger partial charge in [-0.2, -0.15) is 0 Å². The SMILES string of the molecule is CC(C)CNC(=O)[C@H](Cc1ccccc1)N(Cc1ccccc1Cl)C(=O)COc1ccccc1. The molecule has 2 amide bonds. The molecule has 1 N–H and O–H groups in total. The van der Waals surface area contributed by atoms with Gasteiger partial charge in [0.1, 0.15) is 11.8 Å². The van der Waals surface area contributed by atoms with Crippen molar-refractivity contribution in [2.24, 2.45) is 5.92 Å². The Hall–Kier alpha value is -3.31. The zero-order valence-electron chi connectivity index (χ0n) is 19.6. The maximum Gasteiger partial charge on any atom is 0.261 e. The molecule has 0 radical (unpaired) electrons. The lowest BCUT2D eigenvalue weighted by atomic mass is 10.0. The molecule has 0 unspecified atom stereocenters. The summed E-state index contributed by atoms with van der Waals surface area (Å²) in [7, 11) is 0. The fourth-order valence-corrected chi connectivity index (χ4v) is 3.73. The standard InChI is InChI=1S/C28H31ClN2O3/c1-21(2)18-30-28(33)26(17-22-11-5-3-6-12-22)31(19-23-13-9-10-16-25(23)29)27(32)20-34-24-14-7-4-8-15-24/h3-16,21,26H,17-20H2,1-2H3,(H,30,33)/t26-/m0/s1. The van der Waals surface area contributed by atoms with Crippen molar-refractivity contribution in [1.29, 1.82) is 0 Å². The quantitative estimate of drug-likeness (QED) is 0.415. The molecule has 0 spiro atoms. The molecule has 0 fully saturated rings. The van der Waals surface area contributed by atoms with Gasteiger partial charge in [0.05, 0.1) is 0 Å². The van der Waals surface area contributed by atoms with Gasteiger partial charge in [-0.25, -0.2) is 0 Å². The van der Waals surface area contributed by atoms with E-state index in [0.29, 0.717) is 23.7 Å². The Morgan fingerprint density at radius 2 is 1.53 bits per heavy atom. The number of nitrogens with zero attached hydrogens (tertiary/aromatic N) is 1. The van der Waals surface area contributed by atoms with Crippen LogP contribution in [-0.2, 0) is 22.6 Å². The van der Waals surface area contributed by atoms with E-state index in [1.54, 1.807) is 23.1 Å². The number of hydrogen-bond acceptors (Lipinski definition) is 3. The number of para-hydroxylation sites is 1. The lowest BCUT2D eigenvalue weighted by Gasteiger charge is -2.32. The summed E-state index contributed by atoms with van der Waals surface area (Å²) in [5, 5.41) is 3.55. The average Bonchev–Trinajstić information content (AvgIpc) is 2.85. The summed E-state index contributed by atoms with van der Waals surface area (Å²) in [6, 6.07) is 25.5. The van der Waals surface area contributed by atoms with E-state index in [2.05, 4.69) is 5.32 Å². The van der Waals surface area contributed by atoms with Crippen LogP contribution in [0.3, 0.4) is 0 Å². The van der Waals surface area contributed by atoms with Gasteiger partial charge in [-0.05, 0) is 35.2 Å². The van der Waals surface area contributed by atoms with Crippen LogP contribution in [0.1, 0.15) is 25.0 Å². The average molecular weight is 479 g/mol. The van der Waals surface area contributed by atoms with Crippen LogP contribution in [0.15, 0.2) is 84.9 Å². The molecule has 34 heavy (non-hydrogen) atoms. The molecule has 0 bridgehead atoms. The highest BCUT2D eigenvalue weighted by Gasteiger charge is 2.31. The van der Waals surface area contributed by atoms with Gasteiger partial charge in [0.15, 0.2) is 6.61 Å². The Morgan fingerprint density at radius 1 is 0.912 bits per heavy atom. The number of rotatable bonds is 11. The van der Waals surface area contributed by atoms with Gasteiger partial charge in [-0.1, -0.05) is 92.2 Å². The van der Waals surface area contributed by atoms with Crippen molar-refractivity contribution in [3.8, 4) is 5.75 Å². The molecule has 3 aromatic carbocycles. The van der Waals surface area contributed by atoms with E-state index in [-0.39, 0.29) is 30.9 Å². The molecule has 6 heteroatoms. The van der Waals surface area contributed by atoms with E-state index in [1.165, 1.54) is 0 Å². The van der Waals surface area contributed by atoms with Gasteiger partial charge in [-0.3, -0.25) is 9.59 Å². The Labute approximate surface area is 206 Å². The molecule has 3 aromatic rings. The number of benzene rings is 3. The Kier molecular flexibility index (Phi) is 9.53. The Bertz CT molecular complexity index is 1060. The second kappa shape index (κ2) is 12.8. The highest BCUT2D eigenvalue weighted by Crippen LogP contribution is 2.21. The Morgan fingerprint density at radius 3 is 2.18 bits per heavy atom. The van der Waals surface area contributed by atoms with E-state index in [9.17, 15) is 9.59 Å². The molecule has 0 aliphatic carbocycles. The van der Waals surface area contributed by atoms with Crippen LogP contribution in [0.4, 0.5) is 0 Å². The molecule has 3 rings (SSSR count). The number of nitrogens with one attached hydrogen (secondary N) is 1. The number of ether oxygens (including phenoxy) is 1. The monoisotopic (exact) mass is 478 g/mol. The molecule has 1 atom stereocenters. The first-order chi connectivity index (χ1) is 16.4. The number of carbonyl (C=O) groups excluding carboxylic acids is 2. The molecular weight excluding hydrogens is 448 g/mol. The first-order valence-corrected chi connectivity index (χ1v) is 11.8. The third-order valence-corrected chi connectivity index (χ3v) is 5.73. The van der Waals surface area contributed by atoms with Crippen molar-refractivity contribution >= 4 is 23.4 Å². The summed E-state index contributed by atoms with van der Waals surface area (Å²) in [5.74, 6) is 0.398. The van der Waals surface area contributed by atoms with E-state index >= 15 is 0 Å². The van der Waals surface area contributed by atoms with E-state index in [4.69, 9.17) is 16.3 Å². The second-order valence-electron chi connectivity index (χ2n) is 8.56. The van der Waals surface area contributed by atoms with E-state index in [1.807, 2.05) is 80.6 Å². The molecule has 0 aromatic heterocycles. The summed E-state index contributed by atoms with van der Waals surface area (Å²) >= 11 is 6.42. The van der Waals surface area contributed by atoms with Gasteiger partial charge in [0.25, 0.3) is 5.91 Å². The molecule has 0 saturated heterocycles. The highest BCUT2D eigenvalue weighted by atomic mass is 35.5. The van der Waals surface area contributed by atoms with Crippen molar-refractivity contribution in [2.75, 3.05) is 13.2 Å². The largest absolute Gasteiger partial charge is 0.484 e. The minimum Gasteiger partial charge on any atom is -0.484 e.